The number of nitrogens with zero attached hydrogens (tertiary/aromatic N) is 3. The van der Waals surface area contributed by atoms with Crippen molar-refractivity contribution in [2.24, 2.45) is 0 Å². The van der Waals surface area contributed by atoms with E-state index in [1.165, 1.54) is 10.8 Å². The molecular weight excluding hydrogens is 294 g/mol. The van der Waals surface area contributed by atoms with Crippen LogP contribution in [0.2, 0.25) is 0 Å². The summed E-state index contributed by atoms with van der Waals surface area (Å²) in [6, 6.07) is 12.4. The molecule has 2 heterocycles. The van der Waals surface area contributed by atoms with Crippen molar-refractivity contribution >= 4 is 61.8 Å². The number of hydrogen-bond acceptors (Lipinski definition) is 5. The quantitative estimate of drug-likeness (QED) is 0.427. The summed E-state index contributed by atoms with van der Waals surface area (Å²) in [5.41, 5.74) is 8.91. The number of fused-ring (bicyclic) bond motifs is 4. The van der Waals surface area contributed by atoms with Crippen LogP contribution in [0.3, 0.4) is 0 Å². The summed E-state index contributed by atoms with van der Waals surface area (Å²) in [5, 5.41) is 4.61. The molecule has 0 amide bonds. The molecule has 0 unspecified atom stereocenters. The van der Waals surface area contributed by atoms with Gasteiger partial charge in [-0.2, -0.15) is 9.97 Å². The molecule has 2 aromatic heterocycles. The van der Waals surface area contributed by atoms with Crippen LogP contribution in [-0.4, -0.2) is 19.9 Å². The average Bonchev–Trinajstić information content (AvgIpc) is 2.82. The van der Waals surface area contributed by atoms with Crippen LogP contribution in [0.15, 0.2) is 36.4 Å². The molecule has 5 nitrogen and oxygen atoms in total. The Kier molecular flexibility index (Phi) is 2.07. The number of nitrogen functional groups attached to an aromatic ring is 1. The zero-order valence-corrected chi connectivity index (χ0v) is 12.1. The molecule has 104 valence electrons. The Hall–Kier alpha value is -2.86. The largest absolute Gasteiger partial charge is 0.382 e. The standard InChI is InChI=1S/C16H9N5S/c17-14-13-15(21-16(22)20-14)19-12-9-6-2-4-7-3-1-5-8(10(7)9)11(12)18-13/h1-6H,(H3,17,19,20,21,22). The van der Waals surface area contributed by atoms with Gasteiger partial charge in [-0.1, -0.05) is 36.4 Å². The van der Waals surface area contributed by atoms with Gasteiger partial charge in [-0.25, -0.2) is 4.98 Å². The number of nitrogens with one attached hydrogen (secondary N) is 1. The van der Waals surface area contributed by atoms with Crippen molar-refractivity contribution in [3.63, 3.8) is 0 Å². The fourth-order valence-electron chi connectivity index (χ4n) is 3.13. The molecule has 0 aliphatic heterocycles. The fraction of sp³-hybridized carbons (Fsp3) is 0. The molecule has 3 N–H and O–H groups in total. The van der Waals surface area contributed by atoms with E-state index >= 15 is 0 Å². The molecule has 0 fully saturated rings. The van der Waals surface area contributed by atoms with E-state index in [1.807, 2.05) is 12.1 Å². The van der Waals surface area contributed by atoms with Gasteiger partial charge in [0.1, 0.15) is 5.52 Å². The molecule has 22 heavy (non-hydrogen) atoms. The van der Waals surface area contributed by atoms with E-state index in [2.05, 4.69) is 39.2 Å². The maximum absolute atomic E-state index is 5.95. The van der Waals surface area contributed by atoms with Crippen LogP contribution in [-0.2, 0) is 0 Å². The smallest absolute Gasteiger partial charge is 0.223 e. The van der Waals surface area contributed by atoms with Crippen LogP contribution in [0.5, 0.6) is 0 Å². The van der Waals surface area contributed by atoms with Gasteiger partial charge in [-0.05, 0) is 17.6 Å². The third-order valence-corrected chi connectivity index (χ3v) is 4.21. The molecule has 0 aliphatic rings. The van der Waals surface area contributed by atoms with Gasteiger partial charge in [-0.3, -0.25) is 0 Å². The van der Waals surface area contributed by atoms with Crippen LogP contribution >= 0.6 is 12.2 Å². The van der Waals surface area contributed by atoms with Crippen molar-refractivity contribution in [3.8, 4) is 0 Å². The maximum atomic E-state index is 5.95. The third-order valence-electron chi connectivity index (χ3n) is 4.02. The summed E-state index contributed by atoms with van der Waals surface area (Å²) in [6.45, 7) is 0. The number of nitrogens with two attached hydrogens (primary N) is 1. The summed E-state index contributed by atoms with van der Waals surface area (Å²) >= 11 is 5.04. The third kappa shape index (κ3) is 1.37. The Labute approximate surface area is 129 Å². The molecule has 0 spiro atoms. The summed E-state index contributed by atoms with van der Waals surface area (Å²) in [4.78, 5) is 16.3. The lowest BCUT2D eigenvalue weighted by Crippen LogP contribution is -1.98. The van der Waals surface area contributed by atoms with Crippen molar-refractivity contribution in [1.82, 2.24) is 19.9 Å². The van der Waals surface area contributed by atoms with Crippen molar-refractivity contribution < 1.29 is 0 Å². The van der Waals surface area contributed by atoms with Gasteiger partial charge in [0.25, 0.3) is 0 Å². The molecule has 5 rings (SSSR count). The molecular formula is C16H9N5S. The second-order valence-corrected chi connectivity index (χ2v) is 5.62. The molecule has 0 bridgehead atoms. The first-order chi connectivity index (χ1) is 10.7. The van der Waals surface area contributed by atoms with Crippen molar-refractivity contribution in [2.45, 2.75) is 0 Å². The molecule has 0 saturated carbocycles. The first-order valence-corrected chi connectivity index (χ1v) is 7.23. The minimum Gasteiger partial charge on any atom is -0.382 e. The Bertz CT molecular complexity index is 1250. The van der Waals surface area contributed by atoms with E-state index in [0.717, 1.165) is 21.8 Å². The highest BCUT2D eigenvalue weighted by Crippen LogP contribution is 2.36. The zero-order valence-electron chi connectivity index (χ0n) is 11.3. The van der Waals surface area contributed by atoms with Gasteiger partial charge in [0.15, 0.2) is 11.5 Å². The minimum atomic E-state index is 0.219. The van der Waals surface area contributed by atoms with Crippen LogP contribution in [0.4, 0.5) is 5.82 Å². The number of aromatic nitrogens is 4. The van der Waals surface area contributed by atoms with Crippen LogP contribution in [0.25, 0.3) is 43.7 Å². The van der Waals surface area contributed by atoms with Gasteiger partial charge >= 0.3 is 0 Å². The van der Waals surface area contributed by atoms with E-state index in [9.17, 15) is 0 Å². The summed E-state index contributed by atoms with van der Waals surface area (Å²) in [7, 11) is 0. The Morgan fingerprint density at radius 2 is 1.68 bits per heavy atom. The number of hydrogen-bond donors (Lipinski definition) is 2. The molecule has 0 radical (unpaired) electrons. The van der Waals surface area contributed by atoms with E-state index in [1.54, 1.807) is 0 Å². The lowest BCUT2D eigenvalue weighted by Gasteiger charge is -2.01. The highest BCUT2D eigenvalue weighted by Gasteiger charge is 2.15. The van der Waals surface area contributed by atoms with Gasteiger partial charge < -0.3 is 10.7 Å². The molecule has 5 aromatic rings. The normalized spacial score (nSPS) is 12.0. The van der Waals surface area contributed by atoms with E-state index in [-0.39, 0.29) is 4.77 Å². The van der Waals surface area contributed by atoms with Gasteiger partial charge in [0.05, 0.1) is 11.0 Å². The maximum Gasteiger partial charge on any atom is 0.223 e. The monoisotopic (exact) mass is 303 g/mol. The highest BCUT2D eigenvalue weighted by molar-refractivity contribution is 7.71. The summed E-state index contributed by atoms with van der Waals surface area (Å²) < 4.78 is 0.219. The van der Waals surface area contributed by atoms with E-state index in [0.29, 0.717) is 17.0 Å². The summed E-state index contributed by atoms with van der Waals surface area (Å²) in [5.74, 6) is 0.303. The van der Waals surface area contributed by atoms with Gasteiger partial charge in [-0.15, -0.1) is 0 Å². The average molecular weight is 303 g/mol. The topological polar surface area (TPSA) is 80.5 Å². The second-order valence-electron chi connectivity index (χ2n) is 5.26. The van der Waals surface area contributed by atoms with E-state index in [4.69, 9.17) is 22.9 Å². The van der Waals surface area contributed by atoms with Gasteiger partial charge in [0.2, 0.25) is 4.77 Å². The number of H-pyrrole nitrogens is 1. The lowest BCUT2D eigenvalue weighted by atomic mass is 10.1. The fourth-order valence-corrected chi connectivity index (χ4v) is 3.32. The van der Waals surface area contributed by atoms with Crippen LogP contribution < -0.4 is 5.73 Å². The number of aromatic amines is 1. The number of rotatable bonds is 0. The first-order valence-electron chi connectivity index (χ1n) is 6.82. The van der Waals surface area contributed by atoms with Gasteiger partial charge in [0, 0.05) is 16.2 Å². The van der Waals surface area contributed by atoms with Crippen LogP contribution in [0, 0.1) is 4.77 Å². The van der Waals surface area contributed by atoms with Crippen LogP contribution in [0.1, 0.15) is 0 Å². The Morgan fingerprint density at radius 3 is 2.50 bits per heavy atom. The van der Waals surface area contributed by atoms with Crippen molar-refractivity contribution in [2.75, 3.05) is 5.73 Å². The predicted octanol–water partition coefficient (Wildman–Crippen LogP) is 3.56. The molecule has 0 saturated heterocycles. The molecule has 6 heteroatoms. The SMILES string of the molecule is Nc1nc(=S)nc2[nH]c3c4cccc5cccc(c3nc12)c54. The molecule has 0 aliphatic carbocycles. The molecule has 0 atom stereocenters. The number of benzene rings is 2. The van der Waals surface area contributed by atoms with Crippen molar-refractivity contribution in [3.05, 3.63) is 41.2 Å². The Balaban J connectivity index is 2.15. The zero-order chi connectivity index (χ0) is 14.8. The van der Waals surface area contributed by atoms with Crippen molar-refractivity contribution in [1.29, 1.82) is 0 Å². The minimum absolute atomic E-state index is 0.219. The Morgan fingerprint density at radius 1 is 0.909 bits per heavy atom. The molecule has 3 aromatic carbocycles. The lowest BCUT2D eigenvalue weighted by molar-refractivity contribution is 1.15. The summed E-state index contributed by atoms with van der Waals surface area (Å²) in [6.07, 6.45) is 0. The first kappa shape index (κ1) is 11.8. The van der Waals surface area contributed by atoms with E-state index < -0.39 is 0 Å². The highest BCUT2D eigenvalue weighted by atomic mass is 32.1. The predicted molar refractivity (Wildman–Crippen MR) is 90.6 cm³/mol. The number of anilines is 1. The second kappa shape index (κ2) is 3.86.